The summed E-state index contributed by atoms with van der Waals surface area (Å²) in [6, 6.07) is 0. The van der Waals surface area contributed by atoms with Crippen LogP contribution >= 0.6 is 0 Å². The molecule has 0 aliphatic rings. The van der Waals surface area contributed by atoms with Gasteiger partial charge >= 0.3 is 5.97 Å². The molecule has 0 bridgehead atoms. The second kappa shape index (κ2) is 16.4. The predicted molar refractivity (Wildman–Crippen MR) is 107 cm³/mol. The summed E-state index contributed by atoms with van der Waals surface area (Å²) in [6.45, 7) is 12.0. The molecule has 7 heteroatoms. The van der Waals surface area contributed by atoms with Crippen LogP contribution in [0.5, 0.6) is 0 Å². The zero-order chi connectivity index (χ0) is 21.3. The third kappa shape index (κ3) is 15.5. The average molecular weight is 401 g/mol. The number of esters is 1. The quantitative estimate of drug-likeness (QED) is 0.151. The van der Waals surface area contributed by atoms with E-state index < -0.39 is 11.6 Å². The molecular formula is C21H36O7. The minimum absolute atomic E-state index is 0.147. The predicted octanol–water partition coefficient (Wildman–Crippen LogP) is 2.88. The number of ether oxygens (including phenoxy) is 5. The molecule has 0 heterocycles. The topological polar surface area (TPSA) is 80.3 Å². The van der Waals surface area contributed by atoms with Crippen molar-refractivity contribution in [2.45, 2.75) is 45.6 Å². The van der Waals surface area contributed by atoms with E-state index >= 15 is 0 Å². The molecule has 0 spiro atoms. The molecule has 162 valence electrons. The van der Waals surface area contributed by atoms with Crippen molar-refractivity contribution in [3.63, 3.8) is 0 Å². The van der Waals surface area contributed by atoms with E-state index in [0.29, 0.717) is 39.5 Å². The third-order valence-corrected chi connectivity index (χ3v) is 3.75. The maximum atomic E-state index is 12.0. The normalized spacial score (nSPS) is 12.9. The molecule has 0 radical (unpaired) electrons. The number of hydrogen-bond acceptors (Lipinski definition) is 7. The van der Waals surface area contributed by atoms with Gasteiger partial charge in [0.05, 0.1) is 39.6 Å². The van der Waals surface area contributed by atoms with Crippen molar-refractivity contribution < 1.29 is 33.3 Å². The van der Waals surface area contributed by atoms with Gasteiger partial charge in [-0.15, -0.1) is 0 Å². The van der Waals surface area contributed by atoms with Gasteiger partial charge < -0.3 is 23.7 Å². The van der Waals surface area contributed by atoms with E-state index in [9.17, 15) is 9.59 Å². The summed E-state index contributed by atoms with van der Waals surface area (Å²) in [5, 5.41) is 0. The summed E-state index contributed by atoms with van der Waals surface area (Å²) in [4.78, 5) is 23.8. The van der Waals surface area contributed by atoms with Gasteiger partial charge in [0.15, 0.2) is 5.78 Å². The Morgan fingerprint density at radius 1 is 0.964 bits per heavy atom. The summed E-state index contributed by atoms with van der Waals surface area (Å²) >= 11 is 0. The molecular weight excluding hydrogens is 364 g/mol. The fraction of sp³-hybridized carbons (Fsp3) is 0.714. The largest absolute Gasteiger partial charge is 0.455 e. The van der Waals surface area contributed by atoms with E-state index in [-0.39, 0.29) is 25.4 Å². The van der Waals surface area contributed by atoms with E-state index in [2.05, 4.69) is 12.7 Å². The van der Waals surface area contributed by atoms with Gasteiger partial charge in [0, 0.05) is 7.11 Å². The Hall–Kier alpha value is -1.54. The van der Waals surface area contributed by atoms with Gasteiger partial charge in [0.25, 0.3) is 0 Å². The molecule has 28 heavy (non-hydrogen) atoms. The maximum absolute atomic E-state index is 12.0. The van der Waals surface area contributed by atoms with Crippen LogP contribution in [0.2, 0.25) is 0 Å². The minimum atomic E-state index is -0.788. The molecule has 1 atom stereocenters. The van der Waals surface area contributed by atoms with Crippen LogP contribution in [0.15, 0.2) is 24.3 Å². The fourth-order valence-electron chi connectivity index (χ4n) is 2.12. The van der Waals surface area contributed by atoms with E-state index in [1.165, 1.54) is 5.57 Å². The molecule has 0 fully saturated rings. The summed E-state index contributed by atoms with van der Waals surface area (Å²) in [5.74, 6) is -0.902. The average Bonchev–Trinajstić information content (AvgIpc) is 2.62. The van der Waals surface area contributed by atoms with Gasteiger partial charge in [-0.2, -0.15) is 0 Å². The molecule has 1 unspecified atom stereocenters. The lowest BCUT2D eigenvalue weighted by Gasteiger charge is -2.25. The van der Waals surface area contributed by atoms with Crippen molar-refractivity contribution in [3.8, 4) is 0 Å². The molecule has 0 aromatic carbocycles. The molecule has 0 saturated carbocycles. The summed E-state index contributed by atoms with van der Waals surface area (Å²) in [5.41, 5.74) is 0.413. The Balaban J connectivity index is 3.86. The third-order valence-electron chi connectivity index (χ3n) is 3.75. The van der Waals surface area contributed by atoms with Crippen molar-refractivity contribution in [2.75, 3.05) is 53.4 Å². The lowest BCUT2D eigenvalue weighted by molar-refractivity contribution is -0.156. The van der Waals surface area contributed by atoms with Crippen molar-refractivity contribution in [1.82, 2.24) is 0 Å². The smallest absolute Gasteiger partial charge is 0.314 e. The molecule has 0 aliphatic carbocycles. The molecule has 7 nitrogen and oxygen atoms in total. The standard InChI is InChI=1S/C21H36O7/c1-6-21(4,9-7-8-18(2)3)28-20(23)16-19(22)17-27-15-14-26-13-12-25-11-10-24-5/h6,8H,1,7,9-17H2,2-5H3. The molecule has 0 N–H and O–H groups in total. The number of carbonyl (C=O) groups is 2. The number of hydrogen-bond donors (Lipinski definition) is 0. The highest BCUT2D eigenvalue weighted by molar-refractivity contribution is 5.96. The molecule has 0 saturated heterocycles. The van der Waals surface area contributed by atoms with Gasteiger partial charge in [-0.25, -0.2) is 0 Å². The van der Waals surface area contributed by atoms with Crippen LogP contribution in [0.4, 0.5) is 0 Å². The van der Waals surface area contributed by atoms with Crippen LogP contribution in [0.25, 0.3) is 0 Å². The summed E-state index contributed by atoms with van der Waals surface area (Å²) in [6.07, 6.45) is 4.74. The van der Waals surface area contributed by atoms with Gasteiger partial charge in [0.1, 0.15) is 18.6 Å². The van der Waals surface area contributed by atoms with Crippen LogP contribution in [-0.4, -0.2) is 70.7 Å². The fourth-order valence-corrected chi connectivity index (χ4v) is 2.12. The Bertz CT molecular complexity index is 483. The zero-order valence-electron chi connectivity index (χ0n) is 17.8. The maximum Gasteiger partial charge on any atom is 0.314 e. The number of methoxy groups -OCH3 is 1. The molecule has 0 rings (SSSR count). The Labute approximate surface area is 169 Å². The first kappa shape index (κ1) is 26.5. The van der Waals surface area contributed by atoms with E-state index in [4.69, 9.17) is 23.7 Å². The lowest BCUT2D eigenvalue weighted by atomic mass is 9.99. The van der Waals surface area contributed by atoms with E-state index in [1.54, 1.807) is 20.1 Å². The number of Topliss-reactive ketones (excluding diaryl/α,β-unsaturated/α-hetero) is 1. The monoisotopic (exact) mass is 400 g/mol. The SMILES string of the molecule is C=CC(C)(CCC=C(C)C)OC(=O)CC(=O)COCCOCCOCCOC. The van der Waals surface area contributed by atoms with Crippen LogP contribution in [0, 0.1) is 0 Å². The molecule has 0 aromatic heterocycles. The Morgan fingerprint density at radius 3 is 2.07 bits per heavy atom. The van der Waals surface area contributed by atoms with Crippen LogP contribution in [-0.2, 0) is 33.3 Å². The van der Waals surface area contributed by atoms with Gasteiger partial charge in [-0.3, -0.25) is 9.59 Å². The number of ketones is 1. The highest BCUT2D eigenvalue weighted by atomic mass is 16.6. The first-order valence-electron chi connectivity index (χ1n) is 9.55. The highest BCUT2D eigenvalue weighted by Gasteiger charge is 2.25. The second-order valence-corrected chi connectivity index (χ2v) is 6.80. The van der Waals surface area contributed by atoms with Crippen LogP contribution in [0.3, 0.4) is 0 Å². The van der Waals surface area contributed by atoms with Crippen molar-refractivity contribution >= 4 is 11.8 Å². The molecule has 0 aromatic rings. The summed E-state index contributed by atoms with van der Waals surface area (Å²) < 4.78 is 26.0. The van der Waals surface area contributed by atoms with E-state index in [1.807, 2.05) is 13.8 Å². The van der Waals surface area contributed by atoms with Crippen LogP contribution in [0.1, 0.15) is 40.0 Å². The summed E-state index contributed by atoms with van der Waals surface area (Å²) in [7, 11) is 1.61. The van der Waals surface area contributed by atoms with Crippen molar-refractivity contribution in [2.24, 2.45) is 0 Å². The van der Waals surface area contributed by atoms with Gasteiger partial charge in [0.2, 0.25) is 0 Å². The number of allylic oxidation sites excluding steroid dienone is 2. The Kier molecular flexibility index (Phi) is 15.5. The lowest BCUT2D eigenvalue weighted by Crippen LogP contribution is -2.30. The number of carbonyl (C=O) groups excluding carboxylic acids is 2. The van der Waals surface area contributed by atoms with Gasteiger partial charge in [-0.05, 0) is 39.7 Å². The molecule has 0 amide bonds. The minimum Gasteiger partial charge on any atom is -0.455 e. The zero-order valence-corrected chi connectivity index (χ0v) is 17.8. The van der Waals surface area contributed by atoms with E-state index in [0.717, 1.165) is 6.42 Å². The Morgan fingerprint density at radius 2 is 1.54 bits per heavy atom. The van der Waals surface area contributed by atoms with Crippen molar-refractivity contribution in [3.05, 3.63) is 24.3 Å². The second-order valence-electron chi connectivity index (χ2n) is 6.80. The van der Waals surface area contributed by atoms with Crippen LogP contribution < -0.4 is 0 Å². The molecule has 0 aliphatic heterocycles. The number of rotatable bonds is 18. The highest BCUT2D eigenvalue weighted by Crippen LogP contribution is 2.20. The first-order valence-corrected chi connectivity index (χ1v) is 9.55. The first-order chi connectivity index (χ1) is 13.3. The van der Waals surface area contributed by atoms with Crippen molar-refractivity contribution in [1.29, 1.82) is 0 Å². The van der Waals surface area contributed by atoms with Gasteiger partial charge in [-0.1, -0.05) is 18.2 Å².